The van der Waals surface area contributed by atoms with Crippen molar-refractivity contribution in [1.82, 2.24) is 4.90 Å². The first-order chi connectivity index (χ1) is 12.9. The fourth-order valence-electron chi connectivity index (χ4n) is 2.99. The Labute approximate surface area is 162 Å². The van der Waals surface area contributed by atoms with E-state index in [4.69, 9.17) is 0 Å². The Morgan fingerprint density at radius 3 is 2.15 bits per heavy atom. The molecule has 0 heterocycles. The van der Waals surface area contributed by atoms with E-state index in [9.17, 15) is 9.59 Å². The van der Waals surface area contributed by atoms with Gasteiger partial charge in [-0.2, -0.15) is 0 Å². The van der Waals surface area contributed by atoms with Crippen LogP contribution in [-0.4, -0.2) is 36.3 Å². The van der Waals surface area contributed by atoms with Gasteiger partial charge in [-0.15, -0.1) is 0 Å². The number of carbonyl (C=O) groups is 2. The zero-order valence-corrected chi connectivity index (χ0v) is 16.7. The molecule has 0 atom stereocenters. The molecule has 2 amide bonds. The highest BCUT2D eigenvalue weighted by atomic mass is 16.2. The highest BCUT2D eigenvalue weighted by Gasteiger charge is 2.15. The van der Waals surface area contributed by atoms with E-state index in [2.05, 4.69) is 24.1 Å². The van der Waals surface area contributed by atoms with E-state index in [0.717, 1.165) is 35.6 Å². The summed E-state index contributed by atoms with van der Waals surface area (Å²) in [4.78, 5) is 28.2. The molecule has 2 aromatic rings. The molecule has 0 spiro atoms. The smallest absolute Gasteiger partial charge is 0.244 e. The van der Waals surface area contributed by atoms with Crippen LogP contribution in [0.5, 0.6) is 0 Å². The van der Waals surface area contributed by atoms with Crippen LogP contribution < -0.4 is 10.2 Å². The molecule has 0 unspecified atom stereocenters. The molecule has 0 saturated carbocycles. The van der Waals surface area contributed by atoms with Crippen LogP contribution in [0.1, 0.15) is 31.9 Å². The van der Waals surface area contributed by atoms with Crippen LogP contribution in [0.2, 0.25) is 0 Å². The first-order valence-electron chi connectivity index (χ1n) is 9.39. The molecule has 0 aliphatic heterocycles. The third kappa shape index (κ3) is 5.84. The van der Waals surface area contributed by atoms with Gasteiger partial charge >= 0.3 is 0 Å². The average Bonchev–Trinajstić information content (AvgIpc) is 2.65. The Morgan fingerprint density at radius 2 is 1.59 bits per heavy atom. The third-order valence-electron chi connectivity index (χ3n) is 4.68. The number of hydrogen-bond acceptors (Lipinski definition) is 3. The standard InChI is InChI=1S/C22H29N3O2/c1-5-24(6-2)21-13-11-20(12-14-21)23-22(27)16-25(18(4)26)15-19-10-8-7-9-17(19)3/h7-14H,5-6,15-16H2,1-4H3,(H,23,27). The Bertz CT molecular complexity index is 767. The van der Waals surface area contributed by atoms with Crippen molar-refractivity contribution < 1.29 is 9.59 Å². The number of hydrogen-bond donors (Lipinski definition) is 1. The Morgan fingerprint density at radius 1 is 0.963 bits per heavy atom. The van der Waals surface area contributed by atoms with E-state index in [-0.39, 0.29) is 18.4 Å². The predicted octanol–water partition coefficient (Wildman–Crippen LogP) is 3.83. The molecule has 0 fully saturated rings. The summed E-state index contributed by atoms with van der Waals surface area (Å²) in [6.07, 6.45) is 0. The lowest BCUT2D eigenvalue weighted by atomic mass is 10.1. The maximum Gasteiger partial charge on any atom is 0.244 e. The van der Waals surface area contributed by atoms with Gasteiger partial charge in [0.15, 0.2) is 0 Å². The molecule has 0 aromatic heterocycles. The second-order valence-corrected chi connectivity index (χ2v) is 6.57. The number of aryl methyl sites for hydroxylation is 1. The van der Waals surface area contributed by atoms with Gasteiger partial charge in [0, 0.05) is 37.9 Å². The van der Waals surface area contributed by atoms with Gasteiger partial charge in [0.05, 0.1) is 0 Å². The van der Waals surface area contributed by atoms with Crippen molar-refractivity contribution in [2.24, 2.45) is 0 Å². The summed E-state index contributed by atoms with van der Waals surface area (Å²) in [6.45, 7) is 10.1. The number of carbonyl (C=O) groups excluding carboxylic acids is 2. The van der Waals surface area contributed by atoms with Gasteiger partial charge in [0.1, 0.15) is 6.54 Å². The minimum absolute atomic E-state index is 0.0292. The van der Waals surface area contributed by atoms with Gasteiger partial charge < -0.3 is 15.1 Å². The van der Waals surface area contributed by atoms with Gasteiger partial charge in [0.25, 0.3) is 0 Å². The van der Waals surface area contributed by atoms with Gasteiger partial charge in [-0.25, -0.2) is 0 Å². The largest absolute Gasteiger partial charge is 0.372 e. The van der Waals surface area contributed by atoms with Crippen LogP contribution in [0.3, 0.4) is 0 Å². The molecule has 144 valence electrons. The minimum atomic E-state index is -0.200. The molecule has 1 N–H and O–H groups in total. The number of nitrogens with one attached hydrogen (secondary N) is 1. The van der Waals surface area contributed by atoms with Gasteiger partial charge in [0.2, 0.25) is 11.8 Å². The van der Waals surface area contributed by atoms with Crippen molar-refractivity contribution in [2.75, 3.05) is 29.9 Å². The fraction of sp³-hybridized carbons (Fsp3) is 0.364. The summed E-state index contributed by atoms with van der Waals surface area (Å²) in [5.41, 5.74) is 4.01. The molecule has 27 heavy (non-hydrogen) atoms. The van der Waals surface area contributed by atoms with Crippen LogP contribution >= 0.6 is 0 Å². The van der Waals surface area contributed by atoms with Gasteiger partial charge in [-0.1, -0.05) is 24.3 Å². The Hall–Kier alpha value is -2.82. The number of amides is 2. The first-order valence-corrected chi connectivity index (χ1v) is 9.39. The maximum absolute atomic E-state index is 12.4. The molecule has 0 aliphatic carbocycles. The quantitative estimate of drug-likeness (QED) is 0.771. The number of rotatable bonds is 8. The second-order valence-electron chi connectivity index (χ2n) is 6.57. The summed E-state index contributed by atoms with van der Waals surface area (Å²) < 4.78 is 0. The van der Waals surface area contributed by atoms with Crippen molar-refractivity contribution in [2.45, 2.75) is 34.2 Å². The molecule has 2 aromatic carbocycles. The van der Waals surface area contributed by atoms with Crippen LogP contribution in [0, 0.1) is 6.92 Å². The predicted molar refractivity (Wildman–Crippen MR) is 111 cm³/mol. The summed E-state index contributed by atoms with van der Waals surface area (Å²) in [7, 11) is 0. The summed E-state index contributed by atoms with van der Waals surface area (Å²) >= 11 is 0. The molecule has 5 nitrogen and oxygen atoms in total. The lowest BCUT2D eigenvalue weighted by Gasteiger charge is -2.22. The molecular weight excluding hydrogens is 338 g/mol. The van der Waals surface area contributed by atoms with E-state index < -0.39 is 0 Å². The van der Waals surface area contributed by atoms with Crippen LogP contribution in [0.25, 0.3) is 0 Å². The van der Waals surface area contributed by atoms with Crippen molar-refractivity contribution in [3.63, 3.8) is 0 Å². The topological polar surface area (TPSA) is 52.7 Å². The fourth-order valence-corrected chi connectivity index (χ4v) is 2.99. The second kappa shape index (κ2) is 9.76. The van der Waals surface area contributed by atoms with Crippen LogP contribution in [-0.2, 0) is 16.1 Å². The molecule has 0 saturated heterocycles. The van der Waals surface area contributed by atoms with Crippen LogP contribution in [0.15, 0.2) is 48.5 Å². The van der Waals surface area contributed by atoms with Gasteiger partial charge in [-0.3, -0.25) is 9.59 Å². The zero-order chi connectivity index (χ0) is 19.8. The maximum atomic E-state index is 12.4. The molecular formula is C22H29N3O2. The van der Waals surface area contributed by atoms with E-state index in [1.54, 1.807) is 4.90 Å². The SMILES string of the molecule is CCN(CC)c1ccc(NC(=O)CN(Cc2ccccc2C)C(C)=O)cc1. The van der Waals surface area contributed by atoms with E-state index in [0.29, 0.717) is 6.54 Å². The minimum Gasteiger partial charge on any atom is -0.372 e. The van der Waals surface area contributed by atoms with Crippen LogP contribution in [0.4, 0.5) is 11.4 Å². The Kier molecular flexibility index (Phi) is 7.41. The normalized spacial score (nSPS) is 10.4. The third-order valence-corrected chi connectivity index (χ3v) is 4.68. The number of anilines is 2. The summed E-state index contributed by atoms with van der Waals surface area (Å²) in [6, 6.07) is 15.7. The van der Waals surface area contributed by atoms with Crippen molar-refractivity contribution in [3.05, 3.63) is 59.7 Å². The number of benzene rings is 2. The van der Waals surface area contributed by atoms with E-state index in [1.165, 1.54) is 6.92 Å². The molecule has 0 radical (unpaired) electrons. The summed E-state index contributed by atoms with van der Waals surface area (Å²) in [5.74, 6) is -0.320. The van der Waals surface area contributed by atoms with E-state index in [1.807, 2.05) is 55.5 Å². The zero-order valence-electron chi connectivity index (χ0n) is 16.7. The lowest BCUT2D eigenvalue weighted by Crippen LogP contribution is -2.36. The average molecular weight is 367 g/mol. The van der Waals surface area contributed by atoms with E-state index >= 15 is 0 Å². The highest BCUT2D eigenvalue weighted by molar-refractivity contribution is 5.94. The Balaban J connectivity index is 1.99. The highest BCUT2D eigenvalue weighted by Crippen LogP contribution is 2.18. The lowest BCUT2D eigenvalue weighted by molar-refractivity contribution is -0.133. The van der Waals surface area contributed by atoms with Gasteiger partial charge in [-0.05, 0) is 56.2 Å². The molecule has 0 bridgehead atoms. The molecule has 2 rings (SSSR count). The first kappa shape index (κ1) is 20.5. The molecule has 0 aliphatic rings. The monoisotopic (exact) mass is 367 g/mol. The summed E-state index contributed by atoms with van der Waals surface area (Å²) in [5, 5.41) is 2.88. The number of nitrogens with zero attached hydrogens (tertiary/aromatic N) is 2. The van der Waals surface area contributed by atoms with Crippen molar-refractivity contribution in [3.8, 4) is 0 Å². The van der Waals surface area contributed by atoms with Crippen molar-refractivity contribution >= 4 is 23.2 Å². The van der Waals surface area contributed by atoms with Crippen molar-refractivity contribution in [1.29, 1.82) is 0 Å². The molecule has 5 heteroatoms.